The second-order valence-electron chi connectivity index (χ2n) is 5.49. The van der Waals surface area contributed by atoms with Crippen LogP contribution in [0.15, 0.2) is 23.1 Å². The lowest BCUT2D eigenvalue weighted by Crippen LogP contribution is -2.42. The van der Waals surface area contributed by atoms with E-state index in [1.165, 1.54) is 22.4 Å². The van der Waals surface area contributed by atoms with Crippen molar-refractivity contribution in [2.45, 2.75) is 51.0 Å². The molecule has 1 aliphatic heterocycles. The van der Waals surface area contributed by atoms with Crippen molar-refractivity contribution in [3.05, 3.63) is 29.3 Å². The molecule has 0 aliphatic carbocycles. The number of amides is 1. The van der Waals surface area contributed by atoms with E-state index in [9.17, 15) is 4.79 Å². The van der Waals surface area contributed by atoms with Crippen LogP contribution >= 0.6 is 11.8 Å². The van der Waals surface area contributed by atoms with Gasteiger partial charge in [-0.25, -0.2) is 0 Å². The molecule has 1 atom stereocenters. The number of aryl methyl sites for hydroxylation is 2. The first-order valence-electron chi connectivity index (χ1n) is 7.07. The van der Waals surface area contributed by atoms with Gasteiger partial charge in [-0.15, -0.1) is 11.8 Å². The quantitative estimate of drug-likeness (QED) is 0.783. The number of hydrogen-bond donors (Lipinski definition) is 0. The predicted octanol–water partition coefficient (Wildman–Crippen LogP) is 3.80. The zero-order valence-electron chi connectivity index (χ0n) is 12.1. The van der Waals surface area contributed by atoms with Gasteiger partial charge < -0.3 is 4.90 Å². The molecule has 0 aromatic heterocycles. The molecule has 1 heterocycles. The Bertz CT molecular complexity index is 458. The number of likely N-dealkylation sites (tertiary alicyclic amines) is 1. The van der Waals surface area contributed by atoms with Crippen LogP contribution in [-0.4, -0.2) is 29.1 Å². The molecule has 1 unspecified atom stereocenters. The fourth-order valence-electron chi connectivity index (χ4n) is 2.65. The number of benzene rings is 1. The molecule has 1 aromatic rings. The van der Waals surface area contributed by atoms with E-state index in [1.54, 1.807) is 11.8 Å². The molecule has 2 nitrogen and oxygen atoms in total. The first-order valence-corrected chi connectivity index (χ1v) is 8.06. The normalized spacial score (nSPS) is 19.5. The standard InChI is InChI=1S/C16H23NOS/c1-12-7-8-15(13(2)10-12)19-11-16(18)17-9-5-4-6-14(17)3/h7-8,10,14H,4-6,9,11H2,1-3H3. The summed E-state index contributed by atoms with van der Waals surface area (Å²) in [7, 11) is 0. The first kappa shape index (κ1) is 14.4. The van der Waals surface area contributed by atoms with Crippen LogP contribution in [0.4, 0.5) is 0 Å². The number of carbonyl (C=O) groups is 1. The summed E-state index contributed by atoms with van der Waals surface area (Å²) in [5.41, 5.74) is 2.54. The van der Waals surface area contributed by atoms with Gasteiger partial charge in [-0.2, -0.15) is 0 Å². The Labute approximate surface area is 120 Å². The second-order valence-corrected chi connectivity index (χ2v) is 6.51. The lowest BCUT2D eigenvalue weighted by molar-refractivity contribution is -0.131. The number of nitrogens with zero attached hydrogens (tertiary/aromatic N) is 1. The topological polar surface area (TPSA) is 20.3 Å². The van der Waals surface area contributed by atoms with E-state index in [0.29, 0.717) is 11.8 Å². The summed E-state index contributed by atoms with van der Waals surface area (Å²) < 4.78 is 0. The molecule has 0 bridgehead atoms. The van der Waals surface area contributed by atoms with Gasteiger partial charge in [0.2, 0.25) is 5.91 Å². The largest absolute Gasteiger partial charge is 0.339 e. The SMILES string of the molecule is Cc1ccc(SCC(=O)N2CCCCC2C)c(C)c1. The number of piperidine rings is 1. The Morgan fingerprint density at radius 1 is 1.37 bits per heavy atom. The third-order valence-corrected chi connectivity index (χ3v) is 4.97. The maximum absolute atomic E-state index is 12.3. The van der Waals surface area contributed by atoms with Crippen molar-refractivity contribution in [2.75, 3.05) is 12.3 Å². The molecule has 1 aromatic carbocycles. The minimum absolute atomic E-state index is 0.289. The maximum Gasteiger partial charge on any atom is 0.233 e. The van der Waals surface area contributed by atoms with Gasteiger partial charge in [0.15, 0.2) is 0 Å². The van der Waals surface area contributed by atoms with E-state index in [-0.39, 0.29) is 5.91 Å². The summed E-state index contributed by atoms with van der Waals surface area (Å²) >= 11 is 1.67. The molecule has 1 saturated heterocycles. The smallest absolute Gasteiger partial charge is 0.233 e. The van der Waals surface area contributed by atoms with Crippen LogP contribution in [0, 0.1) is 13.8 Å². The molecule has 0 N–H and O–H groups in total. The molecular formula is C16H23NOS. The lowest BCUT2D eigenvalue weighted by atomic mass is 10.0. The van der Waals surface area contributed by atoms with Crippen LogP contribution in [0.3, 0.4) is 0 Å². The number of hydrogen-bond acceptors (Lipinski definition) is 2. The summed E-state index contributed by atoms with van der Waals surface area (Å²) in [5.74, 6) is 0.853. The Balaban J connectivity index is 1.92. The summed E-state index contributed by atoms with van der Waals surface area (Å²) in [5, 5.41) is 0. The highest BCUT2D eigenvalue weighted by Crippen LogP contribution is 2.25. The van der Waals surface area contributed by atoms with Gasteiger partial charge in [-0.05, 0) is 51.7 Å². The fraction of sp³-hybridized carbons (Fsp3) is 0.562. The molecule has 19 heavy (non-hydrogen) atoms. The van der Waals surface area contributed by atoms with Crippen molar-refractivity contribution < 1.29 is 4.79 Å². The molecule has 2 rings (SSSR count). The average molecular weight is 277 g/mol. The van der Waals surface area contributed by atoms with Crippen LogP contribution in [0.2, 0.25) is 0 Å². The molecule has 0 saturated carbocycles. The highest BCUT2D eigenvalue weighted by molar-refractivity contribution is 8.00. The predicted molar refractivity (Wildman–Crippen MR) is 81.7 cm³/mol. The van der Waals surface area contributed by atoms with Gasteiger partial charge in [-0.1, -0.05) is 17.7 Å². The van der Waals surface area contributed by atoms with Crippen LogP contribution < -0.4 is 0 Å². The van der Waals surface area contributed by atoms with Crippen molar-refractivity contribution >= 4 is 17.7 Å². The molecule has 104 valence electrons. The maximum atomic E-state index is 12.3. The highest BCUT2D eigenvalue weighted by Gasteiger charge is 2.22. The molecule has 0 spiro atoms. The van der Waals surface area contributed by atoms with E-state index in [2.05, 4.69) is 43.9 Å². The van der Waals surface area contributed by atoms with Crippen LogP contribution in [0.5, 0.6) is 0 Å². The Hall–Kier alpha value is -0.960. The Morgan fingerprint density at radius 2 is 2.16 bits per heavy atom. The number of carbonyl (C=O) groups excluding carboxylic acids is 1. The zero-order chi connectivity index (χ0) is 13.8. The summed E-state index contributed by atoms with van der Waals surface area (Å²) in [6.45, 7) is 7.32. The van der Waals surface area contributed by atoms with E-state index in [0.717, 1.165) is 19.4 Å². The van der Waals surface area contributed by atoms with E-state index < -0.39 is 0 Å². The molecule has 0 radical (unpaired) electrons. The third-order valence-electron chi connectivity index (χ3n) is 3.80. The van der Waals surface area contributed by atoms with E-state index in [4.69, 9.17) is 0 Å². The molecule has 3 heteroatoms. The molecule has 1 aliphatic rings. The van der Waals surface area contributed by atoms with Crippen LogP contribution in [0.1, 0.15) is 37.3 Å². The van der Waals surface area contributed by atoms with Crippen molar-refractivity contribution in [1.82, 2.24) is 4.90 Å². The van der Waals surface area contributed by atoms with Gasteiger partial charge in [0.25, 0.3) is 0 Å². The van der Waals surface area contributed by atoms with Crippen molar-refractivity contribution in [3.63, 3.8) is 0 Å². The van der Waals surface area contributed by atoms with Gasteiger partial charge in [0.05, 0.1) is 5.75 Å². The third kappa shape index (κ3) is 3.75. The van der Waals surface area contributed by atoms with E-state index >= 15 is 0 Å². The van der Waals surface area contributed by atoms with Gasteiger partial charge in [0.1, 0.15) is 0 Å². The Kier molecular flexibility index (Phi) is 4.92. The van der Waals surface area contributed by atoms with Crippen LogP contribution in [0.25, 0.3) is 0 Å². The number of thioether (sulfide) groups is 1. The molecular weight excluding hydrogens is 254 g/mol. The van der Waals surface area contributed by atoms with Crippen molar-refractivity contribution in [3.8, 4) is 0 Å². The fourth-order valence-corrected chi connectivity index (χ4v) is 3.55. The Morgan fingerprint density at radius 3 is 2.84 bits per heavy atom. The van der Waals surface area contributed by atoms with Crippen molar-refractivity contribution in [2.24, 2.45) is 0 Å². The summed E-state index contributed by atoms with van der Waals surface area (Å²) in [6.07, 6.45) is 3.57. The van der Waals surface area contributed by atoms with E-state index in [1.807, 2.05) is 0 Å². The highest BCUT2D eigenvalue weighted by atomic mass is 32.2. The van der Waals surface area contributed by atoms with Gasteiger partial charge >= 0.3 is 0 Å². The molecule has 1 fully saturated rings. The van der Waals surface area contributed by atoms with Crippen molar-refractivity contribution in [1.29, 1.82) is 0 Å². The van der Waals surface area contributed by atoms with Gasteiger partial charge in [0, 0.05) is 17.5 Å². The number of rotatable bonds is 3. The lowest BCUT2D eigenvalue weighted by Gasteiger charge is -2.33. The second kappa shape index (κ2) is 6.47. The van der Waals surface area contributed by atoms with Crippen LogP contribution in [-0.2, 0) is 4.79 Å². The monoisotopic (exact) mass is 277 g/mol. The first-order chi connectivity index (χ1) is 9.08. The van der Waals surface area contributed by atoms with Gasteiger partial charge in [-0.3, -0.25) is 4.79 Å². The minimum Gasteiger partial charge on any atom is -0.339 e. The molecule has 1 amide bonds. The minimum atomic E-state index is 0.289. The summed E-state index contributed by atoms with van der Waals surface area (Å²) in [6, 6.07) is 6.84. The zero-order valence-corrected chi connectivity index (χ0v) is 12.9. The average Bonchev–Trinajstić information content (AvgIpc) is 2.38. The summed E-state index contributed by atoms with van der Waals surface area (Å²) in [4.78, 5) is 15.5.